The van der Waals surface area contributed by atoms with Crippen LogP contribution in [-0.4, -0.2) is 49.8 Å². The molecule has 36 heavy (non-hydrogen) atoms. The predicted octanol–water partition coefficient (Wildman–Crippen LogP) is 5.00. The van der Waals surface area contributed by atoms with Gasteiger partial charge in [0.15, 0.2) is 5.88 Å². The van der Waals surface area contributed by atoms with Crippen LogP contribution in [0.25, 0.3) is 10.4 Å². The van der Waals surface area contributed by atoms with Crippen LogP contribution in [0.4, 0.5) is 17.1 Å². The molecule has 2 fully saturated rings. The molecule has 0 saturated carbocycles. The molecule has 9 heteroatoms. The average molecular weight is 729 g/mol. The summed E-state index contributed by atoms with van der Waals surface area (Å²) >= 11 is 1.43. The largest absolute Gasteiger partial charge is 0.0367 e. The molecule has 0 aliphatic carbocycles. The maximum absolute atomic E-state index is 8.53. The first-order valence-corrected chi connectivity index (χ1v) is 13.6. The molecule has 0 aromatic heterocycles. The van der Waals surface area contributed by atoms with Gasteiger partial charge in [0.2, 0.25) is 0 Å². The molecule has 0 amide bonds. The standard InChI is InChI=1S/C27H32N6O.W.Y/c1-4-5-21(2)18-23-6-8-24(9-7-23)31-14-16-32(17-15-31)25-10-12-26(13-11-25)33-20-27(19-29-30-28)34-22(33)3;;/h4,6-13,21,27H,3,5,14-20H2,1H3;;/q-2;;. The summed E-state index contributed by atoms with van der Waals surface area (Å²) in [5.41, 5.74) is 13.5. The molecule has 2 aromatic carbocycles. The second-order valence-corrected chi connectivity index (χ2v) is 9.82. The minimum absolute atomic E-state index is 0. The van der Waals surface area contributed by atoms with Gasteiger partial charge in [-0.15, -0.1) is 0 Å². The Morgan fingerprint density at radius 3 is 2.17 bits per heavy atom. The number of hydrogen-bond donors (Lipinski definition) is 0. The van der Waals surface area contributed by atoms with Crippen molar-refractivity contribution < 1.29 is 56.8 Å². The number of azide groups is 1. The van der Waals surface area contributed by atoms with E-state index in [-0.39, 0.29) is 38.8 Å². The van der Waals surface area contributed by atoms with Crippen molar-refractivity contribution in [2.75, 3.05) is 54.0 Å². The topological polar surface area (TPSA) is 67.7 Å². The van der Waals surface area contributed by atoms with Crippen molar-refractivity contribution in [3.8, 4) is 0 Å². The maximum atomic E-state index is 8.53. The van der Waals surface area contributed by atoms with Gasteiger partial charge in [0.25, 0.3) is 0 Å². The summed E-state index contributed by atoms with van der Waals surface area (Å²) in [6.45, 7) is 11.1. The van der Waals surface area contributed by atoms with Crippen LogP contribution in [0.1, 0.15) is 18.9 Å². The van der Waals surface area contributed by atoms with Crippen LogP contribution in [0.5, 0.6) is 0 Å². The third-order valence-corrected chi connectivity index (χ3v) is 7.81. The molecule has 2 aliphatic heterocycles. The Labute approximate surface area is 250 Å². The predicted molar refractivity (Wildman–Crippen MR) is 139 cm³/mol. The van der Waals surface area contributed by atoms with E-state index in [0.29, 0.717) is 24.9 Å². The number of anilines is 3. The fourth-order valence-electron chi connectivity index (χ4n) is 4.72. The molecule has 2 aromatic rings. The van der Waals surface area contributed by atoms with Crippen LogP contribution in [-0.2, 0) is 63.2 Å². The number of benzene rings is 2. The molecular formula is C27H32N6OWY-2. The average Bonchev–Trinajstić information content (AvgIpc) is 3.28. The fourth-order valence-corrected chi connectivity index (χ4v) is 5.37. The fraction of sp³-hybridized carbons (Fsp3) is 0.407. The van der Waals surface area contributed by atoms with E-state index in [4.69, 9.17) is 10.3 Å². The van der Waals surface area contributed by atoms with E-state index in [9.17, 15) is 0 Å². The van der Waals surface area contributed by atoms with Crippen molar-refractivity contribution in [2.24, 2.45) is 11.0 Å². The molecule has 2 aliphatic rings. The Morgan fingerprint density at radius 2 is 1.64 bits per heavy atom. The van der Waals surface area contributed by atoms with E-state index < -0.39 is 0 Å². The molecule has 4 rings (SSSR count). The Kier molecular flexibility index (Phi) is 11.5. The summed E-state index contributed by atoms with van der Waals surface area (Å²) in [6, 6.07) is 17.7. The molecule has 0 bridgehead atoms. The molecule has 187 valence electrons. The monoisotopic (exact) mass is 729 g/mol. The molecule has 7 nitrogen and oxygen atoms in total. The Hall–Kier alpha value is -1.65. The van der Waals surface area contributed by atoms with Crippen molar-refractivity contribution >= 4 is 21.5 Å². The van der Waals surface area contributed by atoms with Gasteiger partial charge >= 0.3 is 133 Å². The van der Waals surface area contributed by atoms with E-state index in [1.54, 1.807) is 0 Å². The van der Waals surface area contributed by atoms with Gasteiger partial charge in [-0.05, 0) is 36.4 Å². The van der Waals surface area contributed by atoms with Crippen LogP contribution in [0, 0.1) is 12.3 Å². The second kappa shape index (κ2) is 14.3. The molecule has 2 heterocycles. The summed E-state index contributed by atoms with van der Waals surface area (Å²) in [7, 11) is 0. The summed E-state index contributed by atoms with van der Waals surface area (Å²) in [5.74, 6) is 1.13. The van der Waals surface area contributed by atoms with Gasteiger partial charge in [-0.1, -0.05) is 5.11 Å². The van der Waals surface area contributed by atoms with Gasteiger partial charge in [-0.25, -0.2) is 0 Å². The smallest absolute Gasteiger partial charge is 0 e. The molecule has 0 spiro atoms. The zero-order valence-corrected chi connectivity index (χ0v) is 26.6. The van der Waals surface area contributed by atoms with Crippen LogP contribution < -0.4 is 14.7 Å². The quantitative estimate of drug-likeness (QED) is 0.150. The molecule has 2 atom stereocenters. The Morgan fingerprint density at radius 1 is 1.08 bits per heavy atom. The van der Waals surface area contributed by atoms with Crippen LogP contribution in [0.15, 0.2) is 66.1 Å². The minimum Gasteiger partial charge on any atom is -0.0367 e. The van der Waals surface area contributed by atoms with Gasteiger partial charge in [0.1, 0.15) is 6.10 Å². The second-order valence-electron chi connectivity index (χ2n) is 8.98. The van der Waals surface area contributed by atoms with Crippen molar-refractivity contribution in [3.63, 3.8) is 0 Å². The summed E-state index contributed by atoms with van der Waals surface area (Å²) < 4.78 is 9.21. The normalized spacial score (nSPS) is 18.2. The van der Waals surface area contributed by atoms with Gasteiger partial charge < -0.3 is 9.64 Å². The number of hydrogen-bond acceptors (Lipinski definition) is 5. The number of rotatable bonds is 10. The van der Waals surface area contributed by atoms with Crippen molar-refractivity contribution in [1.29, 1.82) is 0 Å². The third kappa shape index (κ3) is 7.45. The van der Waals surface area contributed by atoms with E-state index in [0.717, 1.165) is 44.7 Å². The van der Waals surface area contributed by atoms with E-state index in [1.807, 2.05) is 4.90 Å². The maximum Gasteiger partial charge on any atom is 0 e. The SMILES string of the molecule is C=C1OC(CN=[N+]=[N-])CN1c1ccc(N2CCN(c3ccc(CC([C-]=[W])C[CH-]C)cc3)CC2)cc1.[Y]. The van der Waals surface area contributed by atoms with Crippen LogP contribution in [0.3, 0.4) is 0 Å². The van der Waals surface area contributed by atoms with Crippen LogP contribution >= 0.6 is 0 Å². The summed E-state index contributed by atoms with van der Waals surface area (Å²) in [4.78, 5) is 9.77. The molecule has 0 N–H and O–H groups in total. The first kappa shape index (κ1) is 28.9. The number of piperazine rings is 1. The Bertz CT molecular complexity index is 1050. The number of nitrogens with zero attached hydrogens (tertiary/aromatic N) is 6. The van der Waals surface area contributed by atoms with Crippen molar-refractivity contribution in [1.82, 2.24) is 0 Å². The van der Waals surface area contributed by atoms with E-state index in [1.165, 1.54) is 36.3 Å². The zero-order valence-electron chi connectivity index (χ0n) is 20.8. The van der Waals surface area contributed by atoms with Crippen molar-refractivity contribution in [3.05, 3.63) is 83.4 Å². The molecule has 1 radical (unpaired) electrons. The first-order valence-electron chi connectivity index (χ1n) is 12.1. The van der Waals surface area contributed by atoms with Crippen molar-refractivity contribution in [2.45, 2.75) is 25.9 Å². The molecule has 2 unspecified atom stereocenters. The van der Waals surface area contributed by atoms with Crippen LogP contribution in [0.2, 0.25) is 0 Å². The Balaban J connectivity index is 0.00000361. The van der Waals surface area contributed by atoms with Gasteiger partial charge in [-0.2, -0.15) is 0 Å². The summed E-state index contributed by atoms with van der Waals surface area (Å²) in [5, 5.41) is 3.62. The first-order chi connectivity index (χ1) is 17.1. The van der Waals surface area contributed by atoms with Gasteiger partial charge in [0, 0.05) is 43.3 Å². The molecular weight excluding hydrogens is 697 g/mol. The van der Waals surface area contributed by atoms with Gasteiger partial charge in [0.05, 0.1) is 13.1 Å². The zero-order chi connectivity index (χ0) is 24.6. The third-order valence-electron chi connectivity index (χ3n) is 6.62. The van der Waals surface area contributed by atoms with E-state index >= 15 is 0 Å². The number of ether oxygens (including phenoxy) is 1. The molecule has 2 saturated heterocycles. The minimum atomic E-state index is -0.152. The summed E-state index contributed by atoms with van der Waals surface area (Å²) in [6.07, 6.45) is 4.26. The van der Waals surface area contributed by atoms with Gasteiger partial charge in [-0.3, -0.25) is 0 Å². The van der Waals surface area contributed by atoms with E-state index in [2.05, 4.69) is 92.7 Å².